The SMILES string of the molecule is O=Cc1nccc2cc(Br)ccc12. The van der Waals surface area contributed by atoms with Crippen molar-refractivity contribution in [1.29, 1.82) is 0 Å². The number of aldehydes is 1. The summed E-state index contributed by atoms with van der Waals surface area (Å²) in [5, 5.41) is 1.91. The third kappa shape index (κ3) is 1.47. The Hall–Kier alpha value is -1.22. The van der Waals surface area contributed by atoms with Crippen molar-refractivity contribution >= 4 is 33.0 Å². The Labute approximate surface area is 83.7 Å². The second-order valence-electron chi connectivity index (χ2n) is 2.68. The number of benzene rings is 1. The fourth-order valence-corrected chi connectivity index (χ4v) is 1.64. The fraction of sp³-hybridized carbons (Fsp3) is 0. The summed E-state index contributed by atoms with van der Waals surface area (Å²) in [6.45, 7) is 0. The zero-order chi connectivity index (χ0) is 9.26. The minimum Gasteiger partial charge on any atom is -0.296 e. The van der Waals surface area contributed by atoms with Crippen molar-refractivity contribution in [2.24, 2.45) is 0 Å². The molecule has 1 aromatic carbocycles. The van der Waals surface area contributed by atoms with Crippen molar-refractivity contribution in [2.45, 2.75) is 0 Å². The number of hydrogen-bond acceptors (Lipinski definition) is 2. The van der Waals surface area contributed by atoms with Crippen LogP contribution in [0.1, 0.15) is 10.5 Å². The molecule has 0 aliphatic heterocycles. The summed E-state index contributed by atoms with van der Waals surface area (Å²) >= 11 is 3.37. The third-order valence-corrected chi connectivity index (χ3v) is 2.36. The molecular formula is C10H6BrNO. The summed E-state index contributed by atoms with van der Waals surface area (Å²) in [7, 11) is 0. The second kappa shape index (κ2) is 3.26. The lowest BCUT2D eigenvalue weighted by Crippen LogP contribution is -1.87. The van der Waals surface area contributed by atoms with E-state index < -0.39 is 0 Å². The molecule has 0 aliphatic carbocycles. The van der Waals surface area contributed by atoms with Gasteiger partial charge in [0.25, 0.3) is 0 Å². The zero-order valence-corrected chi connectivity index (χ0v) is 8.28. The van der Waals surface area contributed by atoms with Crippen LogP contribution in [0.15, 0.2) is 34.9 Å². The summed E-state index contributed by atoms with van der Waals surface area (Å²) in [6, 6.07) is 7.63. The molecule has 0 saturated heterocycles. The summed E-state index contributed by atoms with van der Waals surface area (Å²) in [5.74, 6) is 0. The van der Waals surface area contributed by atoms with Gasteiger partial charge in [0.15, 0.2) is 6.29 Å². The van der Waals surface area contributed by atoms with Crippen LogP contribution in [0.4, 0.5) is 0 Å². The Kier molecular flexibility index (Phi) is 2.10. The van der Waals surface area contributed by atoms with E-state index >= 15 is 0 Å². The molecule has 2 rings (SSSR count). The fourth-order valence-electron chi connectivity index (χ4n) is 1.27. The van der Waals surface area contributed by atoms with E-state index in [4.69, 9.17) is 0 Å². The number of halogens is 1. The molecule has 3 heteroatoms. The van der Waals surface area contributed by atoms with Crippen LogP contribution in [-0.2, 0) is 0 Å². The average Bonchev–Trinajstić information content (AvgIpc) is 2.16. The van der Waals surface area contributed by atoms with Gasteiger partial charge in [-0.15, -0.1) is 0 Å². The summed E-state index contributed by atoms with van der Waals surface area (Å²) in [5.41, 5.74) is 0.491. The Balaban J connectivity index is 2.84. The first-order chi connectivity index (χ1) is 6.31. The molecule has 0 saturated carbocycles. The zero-order valence-electron chi connectivity index (χ0n) is 6.70. The van der Waals surface area contributed by atoms with Gasteiger partial charge >= 0.3 is 0 Å². The smallest absolute Gasteiger partial charge is 0.169 e. The Morgan fingerprint density at radius 1 is 1.31 bits per heavy atom. The second-order valence-corrected chi connectivity index (χ2v) is 3.60. The topological polar surface area (TPSA) is 30.0 Å². The Morgan fingerprint density at radius 2 is 2.15 bits per heavy atom. The minimum absolute atomic E-state index is 0.491. The quantitative estimate of drug-likeness (QED) is 0.712. The largest absolute Gasteiger partial charge is 0.296 e. The molecule has 0 spiro atoms. The first kappa shape index (κ1) is 8.38. The molecule has 0 aliphatic rings. The maximum atomic E-state index is 10.6. The molecule has 13 heavy (non-hydrogen) atoms. The number of carbonyl (C=O) groups is 1. The van der Waals surface area contributed by atoms with Crippen LogP contribution in [0.5, 0.6) is 0 Å². The lowest BCUT2D eigenvalue weighted by atomic mass is 10.1. The number of aromatic nitrogens is 1. The van der Waals surface area contributed by atoms with Gasteiger partial charge in [-0.1, -0.05) is 22.0 Å². The van der Waals surface area contributed by atoms with Gasteiger partial charge in [-0.3, -0.25) is 9.78 Å². The average molecular weight is 236 g/mol. The maximum Gasteiger partial charge on any atom is 0.169 e. The van der Waals surface area contributed by atoms with E-state index in [2.05, 4.69) is 20.9 Å². The molecule has 0 bridgehead atoms. The number of carbonyl (C=O) groups excluding carboxylic acids is 1. The van der Waals surface area contributed by atoms with Gasteiger partial charge in [0, 0.05) is 16.1 Å². The van der Waals surface area contributed by atoms with Gasteiger partial charge in [-0.25, -0.2) is 0 Å². The van der Waals surface area contributed by atoms with Crippen LogP contribution < -0.4 is 0 Å². The molecule has 2 aromatic rings. The highest BCUT2D eigenvalue weighted by atomic mass is 79.9. The molecule has 1 aromatic heterocycles. The lowest BCUT2D eigenvalue weighted by Gasteiger charge is -1.99. The van der Waals surface area contributed by atoms with E-state index in [9.17, 15) is 4.79 Å². The molecular weight excluding hydrogens is 230 g/mol. The molecule has 0 N–H and O–H groups in total. The van der Waals surface area contributed by atoms with Crippen LogP contribution in [0.25, 0.3) is 10.8 Å². The predicted octanol–water partition coefficient (Wildman–Crippen LogP) is 2.81. The van der Waals surface area contributed by atoms with Crippen LogP contribution in [0, 0.1) is 0 Å². The highest BCUT2D eigenvalue weighted by Crippen LogP contribution is 2.20. The lowest BCUT2D eigenvalue weighted by molar-refractivity contribution is 0.112. The standard InChI is InChI=1S/C10H6BrNO/c11-8-1-2-9-7(5-8)3-4-12-10(9)6-13/h1-6H. The van der Waals surface area contributed by atoms with Crippen molar-refractivity contribution in [3.05, 3.63) is 40.6 Å². The van der Waals surface area contributed by atoms with Gasteiger partial charge in [-0.05, 0) is 23.6 Å². The summed E-state index contributed by atoms with van der Waals surface area (Å²) in [4.78, 5) is 14.6. The molecule has 0 radical (unpaired) electrons. The third-order valence-electron chi connectivity index (χ3n) is 1.87. The van der Waals surface area contributed by atoms with Crippen LogP contribution in [0.3, 0.4) is 0 Å². The highest BCUT2D eigenvalue weighted by molar-refractivity contribution is 9.10. The number of rotatable bonds is 1. The number of pyridine rings is 1. The van der Waals surface area contributed by atoms with E-state index in [0.717, 1.165) is 21.5 Å². The van der Waals surface area contributed by atoms with Gasteiger partial charge in [0.1, 0.15) is 5.69 Å². The van der Waals surface area contributed by atoms with Crippen molar-refractivity contribution in [1.82, 2.24) is 4.98 Å². The monoisotopic (exact) mass is 235 g/mol. The van der Waals surface area contributed by atoms with Crippen LogP contribution in [-0.4, -0.2) is 11.3 Å². The van der Waals surface area contributed by atoms with Gasteiger partial charge in [-0.2, -0.15) is 0 Å². The maximum absolute atomic E-state index is 10.6. The van der Waals surface area contributed by atoms with Gasteiger partial charge in [0.05, 0.1) is 0 Å². The van der Waals surface area contributed by atoms with E-state index in [1.807, 2.05) is 24.3 Å². The molecule has 0 amide bonds. The van der Waals surface area contributed by atoms with E-state index in [0.29, 0.717) is 5.69 Å². The molecule has 0 fully saturated rings. The molecule has 0 unspecified atom stereocenters. The molecule has 1 heterocycles. The first-order valence-electron chi connectivity index (χ1n) is 3.81. The molecule has 0 atom stereocenters. The van der Waals surface area contributed by atoms with Crippen molar-refractivity contribution in [3.63, 3.8) is 0 Å². The summed E-state index contributed by atoms with van der Waals surface area (Å²) < 4.78 is 1.00. The summed E-state index contributed by atoms with van der Waals surface area (Å²) in [6.07, 6.45) is 2.41. The number of nitrogens with zero attached hydrogens (tertiary/aromatic N) is 1. The predicted molar refractivity (Wildman–Crippen MR) is 54.8 cm³/mol. The number of fused-ring (bicyclic) bond motifs is 1. The highest BCUT2D eigenvalue weighted by Gasteiger charge is 2.00. The first-order valence-corrected chi connectivity index (χ1v) is 4.60. The minimum atomic E-state index is 0.491. The number of hydrogen-bond donors (Lipinski definition) is 0. The normalized spacial score (nSPS) is 10.2. The Morgan fingerprint density at radius 3 is 2.92 bits per heavy atom. The van der Waals surface area contributed by atoms with Crippen molar-refractivity contribution in [3.8, 4) is 0 Å². The molecule has 2 nitrogen and oxygen atoms in total. The van der Waals surface area contributed by atoms with Gasteiger partial charge in [0.2, 0.25) is 0 Å². The Bertz CT molecular complexity index is 467. The van der Waals surface area contributed by atoms with E-state index in [1.165, 1.54) is 0 Å². The van der Waals surface area contributed by atoms with Crippen LogP contribution >= 0.6 is 15.9 Å². The van der Waals surface area contributed by atoms with Crippen LogP contribution in [0.2, 0.25) is 0 Å². The van der Waals surface area contributed by atoms with Crippen molar-refractivity contribution < 1.29 is 4.79 Å². The van der Waals surface area contributed by atoms with E-state index in [1.54, 1.807) is 6.20 Å². The van der Waals surface area contributed by atoms with Crippen molar-refractivity contribution in [2.75, 3.05) is 0 Å². The van der Waals surface area contributed by atoms with E-state index in [-0.39, 0.29) is 0 Å². The molecule has 64 valence electrons. The van der Waals surface area contributed by atoms with Gasteiger partial charge < -0.3 is 0 Å².